The molecule has 0 bridgehead atoms. The normalized spacial score (nSPS) is 23.6. The summed E-state index contributed by atoms with van der Waals surface area (Å²) in [5.74, 6) is 1.01. The lowest BCUT2D eigenvalue weighted by atomic mass is 9.77. The number of carbonyl (C=O) groups excluding carboxylic acids is 1. The maximum Gasteiger partial charge on any atom is 0.277 e. The van der Waals surface area contributed by atoms with Gasteiger partial charge in [0.05, 0.1) is 5.56 Å². The summed E-state index contributed by atoms with van der Waals surface area (Å²) in [4.78, 5) is 24.8. The zero-order valence-corrected chi connectivity index (χ0v) is 14.7. The molecule has 3 aliphatic rings. The monoisotopic (exact) mass is 345 g/mol. The molecule has 7 nitrogen and oxygen atoms in total. The minimum atomic E-state index is -0.582. The molecule has 1 spiro atoms. The van der Waals surface area contributed by atoms with Crippen molar-refractivity contribution in [2.24, 2.45) is 11.3 Å². The summed E-state index contributed by atoms with van der Waals surface area (Å²) in [7, 11) is 0. The van der Waals surface area contributed by atoms with Gasteiger partial charge in [-0.15, -0.1) is 0 Å². The van der Waals surface area contributed by atoms with E-state index in [0.29, 0.717) is 11.4 Å². The van der Waals surface area contributed by atoms with Crippen molar-refractivity contribution in [1.29, 1.82) is 0 Å². The molecule has 0 atom stereocenters. The van der Waals surface area contributed by atoms with E-state index in [-0.39, 0.29) is 5.56 Å². The topological polar surface area (TPSA) is 81.6 Å². The van der Waals surface area contributed by atoms with E-state index < -0.39 is 5.91 Å². The maximum atomic E-state index is 11.3. The fourth-order valence-electron chi connectivity index (χ4n) is 4.80. The summed E-state index contributed by atoms with van der Waals surface area (Å²) in [5, 5.41) is 8.65. The van der Waals surface area contributed by atoms with Crippen LogP contribution in [0.25, 0.3) is 0 Å². The van der Waals surface area contributed by atoms with Crippen LogP contribution in [0.15, 0.2) is 12.4 Å². The molecule has 25 heavy (non-hydrogen) atoms. The number of rotatable bonds is 4. The molecule has 1 aliphatic carbocycles. The number of likely N-dealkylation sites (tertiary alicyclic amines) is 1. The van der Waals surface area contributed by atoms with Crippen LogP contribution in [0.5, 0.6) is 0 Å². The van der Waals surface area contributed by atoms with Crippen molar-refractivity contribution >= 4 is 11.9 Å². The van der Waals surface area contributed by atoms with E-state index in [0.717, 1.165) is 19.0 Å². The maximum absolute atomic E-state index is 11.3. The first-order valence-electron chi connectivity index (χ1n) is 9.41. The van der Waals surface area contributed by atoms with Crippen LogP contribution in [-0.4, -0.2) is 58.7 Å². The molecule has 2 aliphatic heterocycles. The van der Waals surface area contributed by atoms with Gasteiger partial charge in [-0.05, 0) is 25.2 Å². The first-order chi connectivity index (χ1) is 12.2. The highest BCUT2D eigenvalue weighted by molar-refractivity contribution is 5.92. The Kier molecular flexibility index (Phi) is 4.60. The second-order valence-electron chi connectivity index (χ2n) is 8.06. The van der Waals surface area contributed by atoms with Crippen LogP contribution < -0.4 is 10.4 Å². The Morgan fingerprint density at radius 1 is 1.20 bits per heavy atom. The number of hydrogen-bond acceptors (Lipinski definition) is 6. The summed E-state index contributed by atoms with van der Waals surface area (Å²) in [6.45, 7) is 5.65. The largest absolute Gasteiger partial charge is 0.340 e. The number of nitrogens with one attached hydrogen (secondary N) is 1. The first-order valence-corrected chi connectivity index (χ1v) is 9.41. The molecule has 2 N–H and O–H groups in total. The van der Waals surface area contributed by atoms with Gasteiger partial charge >= 0.3 is 0 Å². The molecule has 1 saturated carbocycles. The molecule has 1 aromatic rings. The molecule has 0 aromatic carbocycles. The average molecular weight is 345 g/mol. The Bertz CT molecular complexity index is 608. The third-order valence-electron chi connectivity index (χ3n) is 6.08. The second kappa shape index (κ2) is 6.88. The van der Waals surface area contributed by atoms with Crippen molar-refractivity contribution in [2.45, 2.75) is 38.5 Å². The minimum absolute atomic E-state index is 0.266. The predicted molar refractivity (Wildman–Crippen MR) is 93.6 cm³/mol. The van der Waals surface area contributed by atoms with Crippen molar-refractivity contribution in [3.63, 3.8) is 0 Å². The second-order valence-corrected chi connectivity index (χ2v) is 8.06. The lowest BCUT2D eigenvalue weighted by Crippen LogP contribution is -2.58. The number of anilines is 1. The van der Waals surface area contributed by atoms with Crippen LogP contribution in [0.3, 0.4) is 0 Å². The zero-order chi connectivity index (χ0) is 17.3. The van der Waals surface area contributed by atoms with E-state index in [4.69, 9.17) is 5.21 Å². The van der Waals surface area contributed by atoms with Crippen molar-refractivity contribution in [2.75, 3.05) is 37.6 Å². The summed E-state index contributed by atoms with van der Waals surface area (Å²) < 4.78 is 0. The van der Waals surface area contributed by atoms with E-state index in [2.05, 4.69) is 19.8 Å². The van der Waals surface area contributed by atoms with Crippen molar-refractivity contribution in [3.8, 4) is 0 Å². The van der Waals surface area contributed by atoms with Gasteiger partial charge in [-0.25, -0.2) is 15.4 Å². The van der Waals surface area contributed by atoms with E-state index in [1.807, 2.05) is 0 Å². The quantitative estimate of drug-likeness (QED) is 0.638. The number of carbonyl (C=O) groups is 1. The lowest BCUT2D eigenvalue weighted by molar-refractivity contribution is 0.00230. The third kappa shape index (κ3) is 3.48. The molecule has 1 aromatic heterocycles. The van der Waals surface area contributed by atoms with Crippen LogP contribution in [0.4, 0.5) is 5.95 Å². The van der Waals surface area contributed by atoms with E-state index in [1.54, 1.807) is 5.48 Å². The van der Waals surface area contributed by atoms with E-state index in [9.17, 15) is 4.79 Å². The van der Waals surface area contributed by atoms with Gasteiger partial charge in [0.2, 0.25) is 5.95 Å². The van der Waals surface area contributed by atoms with Crippen molar-refractivity contribution in [3.05, 3.63) is 18.0 Å². The molecular weight excluding hydrogens is 318 g/mol. The van der Waals surface area contributed by atoms with Gasteiger partial charge in [0.15, 0.2) is 0 Å². The molecule has 3 heterocycles. The molecule has 0 unspecified atom stereocenters. The molecule has 1 amide bonds. The van der Waals surface area contributed by atoms with Crippen LogP contribution in [0, 0.1) is 11.3 Å². The molecule has 0 radical (unpaired) electrons. The zero-order valence-electron chi connectivity index (χ0n) is 14.7. The fourth-order valence-corrected chi connectivity index (χ4v) is 4.80. The Morgan fingerprint density at radius 3 is 2.60 bits per heavy atom. The Balaban J connectivity index is 1.29. The smallest absolute Gasteiger partial charge is 0.277 e. The molecule has 136 valence electrons. The Hall–Kier alpha value is -1.73. The summed E-state index contributed by atoms with van der Waals surface area (Å²) in [6, 6.07) is 0. The van der Waals surface area contributed by atoms with Gasteiger partial charge < -0.3 is 9.80 Å². The third-order valence-corrected chi connectivity index (χ3v) is 6.08. The lowest BCUT2D eigenvalue weighted by Gasteiger charge is -2.49. The SMILES string of the molecule is O=C(NO)c1cnc(N2CCC3(CN(CC4CCCCC4)C3)C2)nc1. The standard InChI is InChI=1S/C18H27N5O2/c24-16(21-25)15-8-19-17(20-9-15)23-7-6-18(13-23)11-22(12-18)10-14-4-2-1-3-5-14/h8-9,14,25H,1-7,10-13H2,(H,21,24). The number of nitrogens with zero attached hydrogens (tertiary/aromatic N) is 4. The number of aromatic nitrogens is 2. The van der Waals surface area contributed by atoms with Crippen molar-refractivity contribution < 1.29 is 10.0 Å². The van der Waals surface area contributed by atoms with Gasteiger partial charge in [-0.1, -0.05) is 19.3 Å². The molecule has 3 fully saturated rings. The van der Waals surface area contributed by atoms with Crippen LogP contribution in [-0.2, 0) is 0 Å². The molecule has 2 saturated heterocycles. The number of hydrogen-bond donors (Lipinski definition) is 2. The van der Waals surface area contributed by atoms with E-state index >= 15 is 0 Å². The fraction of sp³-hybridized carbons (Fsp3) is 0.722. The van der Waals surface area contributed by atoms with Crippen molar-refractivity contribution in [1.82, 2.24) is 20.3 Å². The Labute approximate surface area is 148 Å². The average Bonchev–Trinajstić information content (AvgIpc) is 3.07. The van der Waals surface area contributed by atoms with Gasteiger partial charge in [-0.3, -0.25) is 10.0 Å². The number of amides is 1. The first kappa shape index (κ1) is 16.7. The van der Waals surface area contributed by atoms with Gasteiger partial charge in [0.1, 0.15) is 0 Å². The highest BCUT2D eigenvalue weighted by Gasteiger charge is 2.48. The van der Waals surface area contributed by atoms with E-state index in [1.165, 1.54) is 70.6 Å². The summed E-state index contributed by atoms with van der Waals surface area (Å²) in [5.41, 5.74) is 2.27. The van der Waals surface area contributed by atoms with Crippen LogP contribution in [0.1, 0.15) is 48.9 Å². The Morgan fingerprint density at radius 2 is 1.92 bits per heavy atom. The van der Waals surface area contributed by atoms with Gasteiger partial charge in [0.25, 0.3) is 5.91 Å². The highest BCUT2D eigenvalue weighted by Crippen LogP contribution is 2.41. The molecule has 4 rings (SSSR count). The van der Waals surface area contributed by atoms with Crippen LogP contribution >= 0.6 is 0 Å². The van der Waals surface area contributed by atoms with Gasteiger partial charge in [0, 0.05) is 50.5 Å². The van der Waals surface area contributed by atoms with Crippen LogP contribution in [0.2, 0.25) is 0 Å². The molecule has 7 heteroatoms. The molecular formula is C18H27N5O2. The minimum Gasteiger partial charge on any atom is -0.340 e. The van der Waals surface area contributed by atoms with Gasteiger partial charge in [-0.2, -0.15) is 0 Å². The summed E-state index contributed by atoms with van der Waals surface area (Å²) in [6.07, 6.45) is 11.2. The number of hydroxylamine groups is 1. The summed E-state index contributed by atoms with van der Waals surface area (Å²) >= 11 is 0. The highest BCUT2D eigenvalue weighted by atomic mass is 16.5. The predicted octanol–water partition coefficient (Wildman–Crippen LogP) is 1.69.